The summed E-state index contributed by atoms with van der Waals surface area (Å²) in [6, 6.07) is 4.48. The van der Waals surface area contributed by atoms with Crippen LogP contribution in [-0.2, 0) is 19.7 Å². The standard InChI is InChI=1S/C12H18BrNO4S2/c1-12(2,3)20(17,18)7-6-19(15,16)11-8-9(13)4-5-10(11)14/h4-5,8H,6-7,14H2,1-3H3. The van der Waals surface area contributed by atoms with E-state index in [0.29, 0.717) is 4.47 Å². The van der Waals surface area contributed by atoms with Crippen LogP contribution < -0.4 is 5.73 Å². The van der Waals surface area contributed by atoms with Gasteiger partial charge in [0.1, 0.15) is 0 Å². The monoisotopic (exact) mass is 383 g/mol. The van der Waals surface area contributed by atoms with Crippen molar-refractivity contribution in [1.29, 1.82) is 0 Å². The van der Waals surface area contributed by atoms with Crippen molar-refractivity contribution in [2.75, 3.05) is 17.2 Å². The van der Waals surface area contributed by atoms with E-state index < -0.39 is 35.9 Å². The molecule has 0 amide bonds. The van der Waals surface area contributed by atoms with Gasteiger partial charge in [-0.25, -0.2) is 16.8 Å². The Labute approximate surface area is 128 Å². The lowest BCUT2D eigenvalue weighted by molar-refractivity contribution is 0.559. The molecule has 0 aliphatic rings. The minimum atomic E-state index is -3.74. The molecule has 0 saturated carbocycles. The fourth-order valence-electron chi connectivity index (χ4n) is 1.41. The second-order valence-corrected chi connectivity index (χ2v) is 11.3. The zero-order chi connectivity index (χ0) is 15.8. The van der Waals surface area contributed by atoms with Crippen LogP contribution >= 0.6 is 15.9 Å². The van der Waals surface area contributed by atoms with Gasteiger partial charge in [-0.3, -0.25) is 0 Å². The van der Waals surface area contributed by atoms with E-state index in [9.17, 15) is 16.8 Å². The summed E-state index contributed by atoms with van der Waals surface area (Å²) in [5.41, 5.74) is 5.76. The minimum absolute atomic E-state index is 0.0454. The quantitative estimate of drug-likeness (QED) is 0.802. The van der Waals surface area contributed by atoms with Gasteiger partial charge in [0.05, 0.1) is 26.8 Å². The molecule has 0 bridgehead atoms. The first kappa shape index (κ1) is 17.5. The average molecular weight is 384 g/mol. The molecule has 1 rings (SSSR count). The third-order valence-electron chi connectivity index (χ3n) is 2.86. The highest BCUT2D eigenvalue weighted by Gasteiger charge is 2.31. The van der Waals surface area contributed by atoms with Gasteiger partial charge >= 0.3 is 0 Å². The van der Waals surface area contributed by atoms with Gasteiger partial charge in [-0.1, -0.05) is 15.9 Å². The summed E-state index contributed by atoms with van der Waals surface area (Å²) in [6.07, 6.45) is 0. The van der Waals surface area contributed by atoms with Crippen LogP contribution in [0.5, 0.6) is 0 Å². The van der Waals surface area contributed by atoms with E-state index in [1.165, 1.54) is 12.1 Å². The topological polar surface area (TPSA) is 94.3 Å². The number of halogens is 1. The second-order valence-electron chi connectivity index (χ2n) is 5.43. The van der Waals surface area contributed by atoms with Crippen molar-refractivity contribution in [3.63, 3.8) is 0 Å². The maximum atomic E-state index is 12.2. The van der Waals surface area contributed by atoms with Gasteiger partial charge in [0.25, 0.3) is 0 Å². The number of nitrogens with two attached hydrogens (primary N) is 1. The molecule has 0 aromatic heterocycles. The Bertz CT molecular complexity index is 703. The Balaban J connectivity index is 3.06. The predicted molar refractivity (Wildman–Crippen MR) is 84.1 cm³/mol. The first-order valence-corrected chi connectivity index (χ1v) is 9.97. The van der Waals surface area contributed by atoms with Crippen LogP contribution in [-0.4, -0.2) is 33.1 Å². The van der Waals surface area contributed by atoms with Crippen LogP contribution in [0.15, 0.2) is 27.6 Å². The molecule has 5 nitrogen and oxygen atoms in total. The first-order valence-electron chi connectivity index (χ1n) is 5.87. The predicted octanol–water partition coefficient (Wildman–Crippen LogP) is 2.02. The maximum Gasteiger partial charge on any atom is 0.181 e. The summed E-state index contributed by atoms with van der Waals surface area (Å²) >= 11 is 3.17. The first-order chi connectivity index (χ1) is 8.87. The van der Waals surface area contributed by atoms with Gasteiger partial charge in [0, 0.05) is 4.47 Å². The molecule has 114 valence electrons. The summed E-state index contributed by atoms with van der Waals surface area (Å²) < 4.78 is 48.0. The molecule has 0 aliphatic heterocycles. The largest absolute Gasteiger partial charge is 0.398 e. The van der Waals surface area contributed by atoms with Crippen LogP contribution in [0.4, 0.5) is 5.69 Å². The van der Waals surface area contributed by atoms with Crippen molar-refractivity contribution in [2.45, 2.75) is 30.4 Å². The Morgan fingerprint density at radius 3 is 2.15 bits per heavy atom. The molecule has 0 fully saturated rings. The van der Waals surface area contributed by atoms with E-state index in [1.807, 2.05) is 0 Å². The summed E-state index contributed by atoms with van der Waals surface area (Å²) in [6.45, 7) is 4.63. The number of nitrogen functional groups attached to an aromatic ring is 1. The van der Waals surface area contributed by atoms with Crippen molar-refractivity contribution in [3.05, 3.63) is 22.7 Å². The fourth-order valence-corrected chi connectivity index (χ4v) is 5.25. The molecular weight excluding hydrogens is 366 g/mol. The highest BCUT2D eigenvalue weighted by atomic mass is 79.9. The molecule has 0 spiro atoms. The number of hydrogen-bond acceptors (Lipinski definition) is 5. The molecule has 8 heteroatoms. The Hall–Kier alpha value is -0.600. The summed E-state index contributed by atoms with van der Waals surface area (Å²) in [7, 11) is -7.23. The van der Waals surface area contributed by atoms with Crippen molar-refractivity contribution in [1.82, 2.24) is 0 Å². The lowest BCUT2D eigenvalue weighted by Crippen LogP contribution is -2.33. The van der Waals surface area contributed by atoms with Crippen molar-refractivity contribution >= 4 is 41.3 Å². The smallest absolute Gasteiger partial charge is 0.181 e. The molecule has 1 aromatic carbocycles. The maximum absolute atomic E-state index is 12.2. The third-order valence-corrected chi connectivity index (χ3v) is 7.99. The lowest BCUT2D eigenvalue weighted by Gasteiger charge is -2.19. The van der Waals surface area contributed by atoms with Gasteiger partial charge in [-0.05, 0) is 39.0 Å². The number of rotatable bonds is 4. The van der Waals surface area contributed by atoms with Gasteiger partial charge in [-0.2, -0.15) is 0 Å². The number of hydrogen-bond donors (Lipinski definition) is 1. The van der Waals surface area contributed by atoms with Crippen LogP contribution in [0.2, 0.25) is 0 Å². The Kier molecular flexibility index (Phi) is 4.93. The highest BCUT2D eigenvalue weighted by Crippen LogP contribution is 2.25. The van der Waals surface area contributed by atoms with Crippen molar-refractivity contribution < 1.29 is 16.8 Å². The molecular formula is C12H18BrNO4S2. The number of benzene rings is 1. The summed E-state index contributed by atoms with van der Waals surface area (Å²) in [5, 5.41) is 0. The van der Waals surface area contributed by atoms with Gasteiger partial charge < -0.3 is 5.73 Å². The molecule has 0 heterocycles. The average Bonchev–Trinajstić information content (AvgIpc) is 2.28. The van der Waals surface area contributed by atoms with E-state index in [2.05, 4.69) is 15.9 Å². The number of sulfone groups is 2. The third kappa shape index (κ3) is 3.95. The van der Waals surface area contributed by atoms with Crippen molar-refractivity contribution in [2.24, 2.45) is 0 Å². The molecule has 0 aliphatic carbocycles. The van der Waals surface area contributed by atoms with E-state index in [0.717, 1.165) is 0 Å². The molecule has 0 atom stereocenters. The van der Waals surface area contributed by atoms with E-state index in [4.69, 9.17) is 5.73 Å². The summed E-state index contributed by atoms with van der Waals surface area (Å²) in [5.74, 6) is -0.905. The molecule has 0 saturated heterocycles. The lowest BCUT2D eigenvalue weighted by atomic mass is 10.3. The van der Waals surface area contributed by atoms with E-state index in [1.54, 1.807) is 26.8 Å². The van der Waals surface area contributed by atoms with Gasteiger partial charge in [0.2, 0.25) is 0 Å². The Morgan fingerprint density at radius 2 is 1.65 bits per heavy atom. The van der Waals surface area contributed by atoms with E-state index >= 15 is 0 Å². The van der Waals surface area contributed by atoms with Crippen LogP contribution in [0.3, 0.4) is 0 Å². The molecule has 0 radical (unpaired) electrons. The minimum Gasteiger partial charge on any atom is -0.398 e. The molecule has 20 heavy (non-hydrogen) atoms. The molecule has 1 aromatic rings. The fraction of sp³-hybridized carbons (Fsp3) is 0.500. The SMILES string of the molecule is CC(C)(C)S(=O)(=O)CCS(=O)(=O)c1cc(Br)ccc1N. The van der Waals surface area contributed by atoms with E-state index in [-0.39, 0.29) is 10.6 Å². The summed E-state index contributed by atoms with van der Waals surface area (Å²) in [4.78, 5) is -0.0454. The van der Waals surface area contributed by atoms with Crippen LogP contribution in [0, 0.1) is 0 Å². The molecule has 2 N–H and O–H groups in total. The second kappa shape index (κ2) is 5.65. The highest BCUT2D eigenvalue weighted by molar-refractivity contribution is 9.10. The van der Waals surface area contributed by atoms with Crippen LogP contribution in [0.1, 0.15) is 20.8 Å². The van der Waals surface area contributed by atoms with Crippen LogP contribution in [0.25, 0.3) is 0 Å². The molecule has 0 unspecified atom stereocenters. The van der Waals surface area contributed by atoms with Gasteiger partial charge in [0.15, 0.2) is 19.7 Å². The zero-order valence-electron chi connectivity index (χ0n) is 11.6. The van der Waals surface area contributed by atoms with Gasteiger partial charge in [-0.15, -0.1) is 0 Å². The Morgan fingerprint density at radius 1 is 1.10 bits per heavy atom. The van der Waals surface area contributed by atoms with Crippen molar-refractivity contribution in [3.8, 4) is 0 Å². The zero-order valence-corrected chi connectivity index (χ0v) is 14.8. The number of anilines is 1. The normalized spacial score (nSPS) is 13.4.